The normalized spacial score (nSPS) is 25.5. The van der Waals surface area contributed by atoms with E-state index in [9.17, 15) is 4.79 Å². The van der Waals surface area contributed by atoms with Gasteiger partial charge in [0.2, 0.25) is 0 Å². The standard InChI is InChI=1S/C22H29N3O/c1-15-7-5-6-8-18(15)20-19-12-23-11-17(19)14-25(20)21(26)16-9-10-24(13-16)22(2,3)4/h5-10,13,17,19-20,23H,11-12,14H2,1-4H3/t17-,19-,20+/m0/s1. The molecular weight excluding hydrogens is 322 g/mol. The van der Waals surface area contributed by atoms with E-state index in [0.29, 0.717) is 11.8 Å². The number of likely N-dealkylation sites (tertiary alicyclic amines) is 1. The Morgan fingerprint density at radius 2 is 1.92 bits per heavy atom. The molecule has 1 aromatic heterocycles. The van der Waals surface area contributed by atoms with Gasteiger partial charge in [0, 0.05) is 43.5 Å². The number of rotatable bonds is 2. The fourth-order valence-electron chi connectivity index (χ4n) is 4.55. The van der Waals surface area contributed by atoms with Gasteiger partial charge in [-0.15, -0.1) is 0 Å². The summed E-state index contributed by atoms with van der Waals surface area (Å²) in [5.74, 6) is 1.22. The third-order valence-corrected chi connectivity index (χ3v) is 6.05. The Balaban J connectivity index is 1.69. The van der Waals surface area contributed by atoms with Crippen LogP contribution in [0.1, 0.15) is 48.3 Å². The zero-order valence-electron chi connectivity index (χ0n) is 16.2. The minimum Gasteiger partial charge on any atom is -0.348 e. The van der Waals surface area contributed by atoms with Crippen molar-refractivity contribution in [2.75, 3.05) is 19.6 Å². The maximum absolute atomic E-state index is 13.4. The number of aromatic nitrogens is 1. The van der Waals surface area contributed by atoms with Gasteiger partial charge in [0.1, 0.15) is 0 Å². The molecule has 0 aliphatic carbocycles. The van der Waals surface area contributed by atoms with Crippen LogP contribution in [0.4, 0.5) is 0 Å². The molecule has 3 atom stereocenters. The molecule has 0 radical (unpaired) electrons. The first-order valence-corrected chi connectivity index (χ1v) is 9.62. The molecule has 1 N–H and O–H groups in total. The van der Waals surface area contributed by atoms with Gasteiger partial charge in [0.25, 0.3) is 5.91 Å². The largest absolute Gasteiger partial charge is 0.348 e. The molecule has 2 aliphatic rings. The van der Waals surface area contributed by atoms with Gasteiger partial charge in [-0.1, -0.05) is 24.3 Å². The fourth-order valence-corrected chi connectivity index (χ4v) is 4.55. The van der Waals surface area contributed by atoms with E-state index in [0.717, 1.165) is 25.2 Å². The van der Waals surface area contributed by atoms with Crippen LogP contribution in [0.5, 0.6) is 0 Å². The lowest BCUT2D eigenvalue weighted by molar-refractivity contribution is 0.0713. The number of nitrogens with zero attached hydrogens (tertiary/aromatic N) is 2. The van der Waals surface area contributed by atoms with Gasteiger partial charge < -0.3 is 14.8 Å². The molecule has 1 aromatic carbocycles. The summed E-state index contributed by atoms with van der Waals surface area (Å²) in [7, 11) is 0. The van der Waals surface area contributed by atoms with Gasteiger partial charge in [0.05, 0.1) is 11.6 Å². The summed E-state index contributed by atoms with van der Waals surface area (Å²) in [6.07, 6.45) is 4.03. The van der Waals surface area contributed by atoms with Gasteiger partial charge in [0.15, 0.2) is 0 Å². The van der Waals surface area contributed by atoms with E-state index >= 15 is 0 Å². The Labute approximate surface area is 156 Å². The lowest BCUT2D eigenvalue weighted by Gasteiger charge is -2.29. The summed E-state index contributed by atoms with van der Waals surface area (Å²) in [5.41, 5.74) is 3.35. The molecule has 2 aliphatic heterocycles. The summed E-state index contributed by atoms with van der Waals surface area (Å²) in [6, 6.07) is 10.7. The van der Waals surface area contributed by atoms with Crippen molar-refractivity contribution in [1.29, 1.82) is 0 Å². The number of nitrogens with one attached hydrogen (secondary N) is 1. The van der Waals surface area contributed by atoms with Crippen LogP contribution in [0, 0.1) is 18.8 Å². The van der Waals surface area contributed by atoms with E-state index < -0.39 is 0 Å². The minimum atomic E-state index is -0.0145. The molecular formula is C22H29N3O. The molecule has 0 unspecified atom stereocenters. The quantitative estimate of drug-likeness (QED) is 0.898. The van der Waals surface area contributed by atoms with E-state index in [-0.39, 0.29) is 17.5 Å². The van der Waals surface area contributed by atoms with E-state index in [4.69, 9.17) is 0 Å². The first kappa shape index (κ1) is 17.3. The maximum atomic E-state index is 13.4. The Morgan fingerprint density at radius 3 is 2.62 bits per heavy atom. The lowest BCUT2D eigenvalue weighted by Crippen LogP contribution is -2.35. The summed E-state index contributed by atoms with van der Waals surface area (Å²) in [5, 5.41) is 3.52. The van der Waals surface area contributed by atoms with Crippen LogP contribution in [-0.4, -0.2) is 35.0 Å². The van der Waals surface area contributed by atoms with Gasteiger partial charge in [-0.05, 0) is 50.8 Å². The molecule has 0 spiro atoms. The number of carbonyl (C=O) groups excluding carboxylic acids is 1. The van der Waals surface area contributed by atoms with Crippen LogP contribution in [0.3, 0.4) is 0 Å². The van der Waals surface area contributed by atoms with Crippen LogP contribution in [-0.2, 0) is 5.54 Å². The van der Waals surface area contributed by atoms with E-state index in [2.05, 4.69) is 66.7 Å². The van der Waals surface area contributed by atoms with Crippen molar-refractivity contribution in [1.82, 2.24) is 14.8 Å². The molecule has 138 valence electrons. The molecule has 2 aromatic rings. The number of hydrogen-bond donors (Lipinski definition) is 1. The number of carbonyl (C=O) groups is 1. The molecule has 4 heteroatoms. The van der Waals surface area contributed by atoms with Crippen molar-refractivity contribution in [3.8, 4) is 0 Å². The Morgan fingerprint density at radius 1 is 1.15 bits per heavy atom. The van der Waals surface area contributed by atoms with Crippen LogP contribution in [0.25, 0.3) is 0 Å². The number of hydrogen-bond acceptors (Lipinski definition) is 2. The highest BCUT2D eigenvalue weighted by Crippen LogP contribution is 2.44. The minimum absolute atomic E-state index is 0.0145. The number of aryl methyl sites for hydroxylation is 1. The Hall–Kier alpha value is -2.07. The molecule has 0 saturated carbocycles. The van der Waals surface area contributed by atoms with E-state index in [1.54, 1.807) is 0 Å². The summed E-state index contributed by atoms with van der Waals surface area (Å²) >= 11 is 0. The highest BCUT2D eigenvalue weighted by molar-refractivity contribution is 5.94. The fraction of sp³-hybridized carbons (Fsp3) is 0.500. The van der Waals surface area contributed by atoms with Crippen molar-refractivity contribution < 1.29 is 4.79 Å². The maximum Gasteiger partial charge on any atom is 0.255 e. The Kier molecular flexibility index (Phi) is 4.19. The average Bonchev–Trinajstić information content (AvgIpc) is 3.29. The molecule has 0 bridgehead atoms. The number of fused-ring (bicyclic) bond motifs is 1. The van der Waals surface area contributed by atoms with Crippen molar-refractivity contribution >= 4 is 5.91 Å². The second kappa shape index (κ2) is 6.27. The van der Waals surface area contributed by atoms with E-state index in [1.165, 1.54) is 11.1 Å². The Bertz CT molecular complexity index is 817. The highest BCUT2D eigenvalue weighted by Gasteiger charge is 2.47. The number of amides is 1. The molecule has 3 heterocycles. The summed E-state index contributed by atoms with van der Waals surface area (Å²) < 4.78 is 2.13. The number of benzene rings is 1. The van der Waals surface area contributed by atoms with Gasteiger partial charge >= 0.3 is 0 Å². The lowest BCUT2D eigenvalue weighted by atomic mass is 9.87. The summed E-state index contributed by atoms with van der Waals surface area (Å²) in [4.78, 5) is 15.5. The second-order valence-electron chi connectivity index (χ2n) is 8.82. The van der Waals surface area contributed by atoms with Crippen LogP contribution < -0.4 is 5.32 Å². The molecule has 4 rings (SSSR count). The smallest absolute Gasteiger partial charge is 0.255 e. The van der Waals surface area contributed by atoms with Crippen molar-refractivity contribution in [3.63, 3.8) is 0 Å². The van der Waals surface area contributed by atoms with Gasteiger partial charge in [-0.3, -0.25) is 4.79 Å². The SMILES string of the molecule is Cc1ccccc1[C@@H]1[C@H]2CNC[C@H]2CN1C(=O)c1ccn(C(C)(C)C)c1. The van der Waals surface area contributed by atoms with Crippen molar-refractivity contribution in [3.05, 3.63) is 59.4 Å². The molecule has 2 fully saturated rings. The first-order valence-electron chi connectivity index (χ1n) is 9.62. The van der Waals surface area contributed by atoms with E-state index in [1.807, 2.05) is 18.5 Å². The van der Waals surface area contributed by atoms with Gasteiger partial charge in [-0.25, -0.2) is 0 Å². The monoisotopic (exact) mass is 351 g/mol. The first-order chi connectivity index (χ1) is 12.4. The highest BCUT2D eigenvalue weighted by atomic mass is 16.2. The molecule has 26 heavy (non-hydrogen) atoms. The predicted octanol–water partition coefficient (Wildman–Crippen LogP) is 3.58. The van der Waals surface area contributed by atoms with Crippen molar-refractivity contribution in [2.45, 2.75) is 39.3 Å². The van der Waals surface area contributed by atoms with Crippen LogP contribution in [0.15, 0.2) is 42.7 Å². The molecule has 2 saturated heterocycles. The molecule has 1 amide bonds. The second-order valence-corrected chi connectivity index (χ2v) is 8.82. The van der Waals surface area contributed by atoms with Gasteiger partial charge in [-0.2, -0.15) is 0 Å². The third kappa shape index (κ3) is 2.86. The average molecular weight is 351 g/mol. The van der Waals surface area contributed by atoms with Crippen LogP contribution >= 0.6 is 0 Å². The van der Waals surface area contributed by atoms with Crippen LogP contribution in [0.2, 0.25) is 0 Å². The zero-order chi connectivity index (χ0) is 18.5. The zero-order valence-corrected chi connectivity index (χ0v) is 16.2. The molecule has 4 nitrogen and oxygen atoms in total. The third-order valence-electron chi connectivity index (χ3n) is 6.05. The predicted molar refractivity (Wildman–Crippen MR) is 104 cm³/mol. The van der Waals surface area contributed by atoms with Crippen molar-refractivity contribution in [2.24, 2.45) is 11.8 Å². The summed E-state index contributed by atoms with van der Waals surface area (Å²) in [6.45, 7) is 11.5. The topological polar surface area (TPSA) is 37.3 Å².